The first-order chi connectivity index (χ1) is 4.35. The zero-order valence-electron chi connectivity index (χ0n) is 6.59. The third-order valence-corrected chi connectivity index (χ3v) is 1.42. The van der Waals surface area contributed by atoms with Crippen molar-refractivity contribution >= 4 is 6.29 Å². The van der Waals surface area contributed by atoms with Gasteiger partial charge in [-0.05, 0) is 19.6 Å². The van der Waals surface area contributed by atoms with E-state index in [-0.39, 0.29) is 21.1 Å². The standard InChI is InChI=1S/C7H14NO.W/c1-3-8(4-2)6-5-7-9;/h3-6H2,1-2H3;/q-1;. The van der Waals surface area contributed by atoms with Crippen LogP contribution in [0, 0.1) is 0 Å². The second kappa shape index (κ2) is 9.32. The summed E-state index contributed by atoms with van der Waals surface area (Å²) in [6, 6.07) is 0. The Morgan fingerprint density at radius 1 is 1.30 bits per heavy atom. The second-order valence-electron chi connectivity index (χ2n) is 1.92. The summed E-state index contributed by atoms with van der Waals surface area (Å²) < 4.78 is 0. The van der Waals surface area contributed by atoms with Crippen LogP contribution in [0.4, 0.5) is 0 Å². The molecule has 0 aliphatic heterocycles. The van der Waals surface area contributed by atoms with Crippen LogP contribution < -0.4 is 0 Å². The fourth-order valence-electron chi connectivity index (χ4n) is 0.744. The summed E-state index contributed by atoms with van der Waals surface area (Å²) >= 11 is 0. The van der Waals surface area contributed by atoms with E-state index in [1.165, 1.54) is 0 Å². The molecule has 10 heavy (non-hydrogen) atoms. The first-order valence-electron chi connectivity index (χ1n) is 3.42. The Morgan fingerprint density at radius 3 is 2.10 bits per heavy atom. The van der Waals surface area contributed by atoms with Gasteiger partial charge in [0.05, 0.1) is 0 Å². The Kier molecular flexibility index (Phi) is 12.1. The van der Waals surface area contributed by atoms with Gasteiger partial charge in [0, 0.05) is 21.1 Å². The smallest absolute Gasteiger partial charge is 0 e. The van der Waals surface area contributed by atoms with Gasteiger partial charge in [-0.2, -0.15) is 0 Å². The first kappa shape index (κ1) is 12.9. The quantitative estimate of drug-likeness (QED) is 0.701. The Hall–Kier alpha value is 0.318. The molecule has 0 heterocycles. The zero-order chi connectivity index (χ0) is 7.11. The molecule has 0 unspecified atom stereocenters. The minimum atomic E-state index is 0. The van der Waals surface area contributed by atoms with Crippen molar-refractivity contribution in [3.8, 4) is 0 Å². The molecule has 0 aliphatic rings. The molecule has 0 radical (unpaired) electrons. The Bertz CT molecular complexity index is 74.0. The molecular weight excluding hydrogens is 298 g/mol. The molecule has 0 aromatic rings. The van der Waals surface area contributed by atoms with Crippen molar-refractivity contribution < 1.29 is 25.9 Å². The van der Waals surface area contributed by atoms with Crippen LogP contribution in [0.25, 0.3) is 0 Å². The molecule has 0 N–H and O–H groups in total. The minimum Gasteiger partial charge on any atom is -0.542 e. The van der Waals surface area contributed by atoms with Crippen LogP contribution in [-0.4, -0.2) is 30.8 Å². The number of hydrogen-bond acceptors (Lipinski definition) is 2. The van der Waals surface area contributed by atoms with Gasteiger partial charge in [0.25, 0.3) is 0 Å². The van der Waals surface area contributed by atoms with Crippen LogP contribution in [0.1, 0.15) is 20.3 Å². The van der Waals surface area contributed by atoms with Crippen molar-refractivity contribution in [2.75, 3.05) is 19.6 Å². The fraction of sp³-hybridized carbons (Fsp3) is 0.857. The normalized spacial score (nSPS) is 9.10. The molecule has 0 amide bonds. The van der Waals surface area contributed by atoms with Gasteiger partial charge in [0.1, 0.15) is 0 Å². The van der Waals surface area contributed by atoms with Gasteiger partial charge in [-0.15, -0.1) is 6.42 Å². The van der Waals surface area contributed by atoms with Gasteiger partial charge < -0.3 is 9.69 Å². The summed E-state index contributed by atoms with van der Waals surface area (Å²) in [6.45, 7) is 7.09. The summed E-state index contributed by atoms with van der Waals surface area (Å²) in [5.41, 5.74) is 0. The molecule has 0 bridgehead atoms. The van der Waals surface area contributed by atoms with Crippen molar-refractivity contribution in [2.45, 2.75) is 20.3 Å². The van der Waals surface area contributed by atoms with E-state index in [9.17, 15) is 4.79 Å². The minimum absolute atomic E-state index is 0. The molecule has 0 aliphatic carbocycles. The van der Waals surface area contributed by atoms with Crippen molar-refractivity contribution in [3.05, 3.63) is 0 Å². The van der Waals surface area contributed by atoms with E-state index in [2.05, 4.69) is 18.7 Å². The van der Waals surface area contributed by atoms with Crippen molar-refractivity contribution in [1.29, 1.82) is 0 Å². The summed E-state index contributed by atoms with van der Waals surface area (Å²) in [4.78, 5) is 12.0. The number of rotatable bonds is 5. The van der Waals surface area contributed by atoms with Crippen molar-refractivity contribution in [3.63, 3.8) is 0 Å². The molecule has 0 rings (SSSR count). The maximum Gasteiger partial charge on any atom is 0 e. The number of hydrogen-bond donors (Lipinski definition) is 0. The number of carbonyl (C=O) groups excluding carboxylic acids is 1. The van der Waals surface area contributed by atoms with Crippen LogP contribution in [0.5, 0.6) is 0 Å². The van der Waals surface area contributed by atoms with Crippen LogP contribution >= 0.6 is 0 Å². The molecule has 60 valence electrons. The van der Waals surface area contributed by atoms with Gasteiger partial charge in [0.15, 0.2) is 0 Å². The molecule has 0 saturated heterocycles. The Morgan fingerprint density at radius 2 is 1.80 bits per heavy atom. The Balaban J connectivity index is 0. The van der Waals surface area contributed by atoms with E-state index < -0.39 is 0 Å². The average Bonchev–Trinajstić information content (AvgIpc) is 1.91. The second-order valence-corrected chi connectivity index (χ2v) is 1.92. The predicted octanol–water partition coefficient (Wildman–Crippen LogP) is 0.826. The zero-order valence-corrected chi connectivity index (χ0v) is 9.53. The molecule has 0 fully saturated rings. The maximum absolute atomic E-state index is 9.79. The van der Waals surface area contributed by atoms with E-state index >= 15 is 0 Å². The van der Waals surface area contributed by atoms with Gasteiger partial charge in [-0.1, -0.05) is 13.8 Å². The maximum atomic E-state index is 9.79. The van der Waals surface area contributed by atoms with Gasteiger partial charge in [-0.25, -0.2) is 0 Å². The van der Waals surface area contributed by atoms with E-state index in [0.29, 0.717) is 6.42 Å². The molecule has 0 aromatic carbocycles. The molecule has 2 nitrogen and oxygen atoms in total. The third kappa shape index (κ3) is 6.44. The third-order valence-electron chi connectivity index (χ3n) is 1.42. The molecule has 3 heteroatoms. The summed E-state index contributed by atoms with van der Waals surface area (Å²) in [5.74, 6) is 0. The van der Waals surface area contributed by atoms with E-state index in [1.54, 1.807) is 0 Å². The summed E-state index contributed by atoms with van der Waals surface area (Å²) in [7, 11) is 0. The largest absolute Gasteiger partial charge is 0.542 e. The van der Waals surface area contributed by atoms with E-state index in [1.807, 2.05) is 6.29 Å². The first-order valence-corrected chi connectivity index (χ1v) is 3.42. The molecule has 0 atom stereocenters. The predicted molar refractivity (Wildman–Crippen MR) is 38.1 cm³/mol. The van der Waals surface area contributed by atoms with Crippen LogP contribution in [0.15, 0.2) is 0 Å². The molecule has 0 spiro atoms. The average molecular weight is 312 g/mol. The Labute approximate surface area is 77.2 Å². The monoisotopic (exact) mass is 312 g/mol. The SMILES string of the molecule is CCN(CC)CC[C-]=O.[W]. The van der Waals surface area contributed by atoms with Gasteiger partial charge >= 0.3 is 0 Å². The summed E-state index contributed by atoms with van der Waals surface area (Å²) in [5, 5.41) is 0. The van der Waals surface area contributed by atoms with Crippen LogP contribution in [0.2, 0.25) is 0 Å². The van der Waals surface area contributed by atoms with Gasteiger partial charge in [-0.3, -0.25) is 6.29 Å². The summed E-state index contributed by atoms with van der Waals surface area (Å²) in [6.07, 6.45) is 2.42. The van der Waals surface area contributed by atoms with E-state index in [0.717, 1.165) is 19.6 Å². The fourth-order valence-corrected chi connectivity index (χ4v) is 0.744. The molecule has 0 saturated carbocycles. The van der Waals surface area contributed by atoms with Crippen molar-refractivity contribution in [2.24, 2.45) is 0 Å². The van der Waals surface area contributed by atoms with Crippen LogP contribution in [-0.2, 0) is 25.9 Å². The van der Waals surface area contributed by atoms with Crippen LogP contribution in [0.3, 0.4) is 0 Å². The molecular formula is C7H14NOW-. The van der Waals surface area contributed by atoms with Gasteiger partial charge in [0.2, 0.25) is 0 Å². The topological polar surface area (TPSA) is 20.3 Å². The van der Waals surface area contributed by atoms with E-state index in [4.69, 9.17) is 0 Å². The van der Waals surface area contributed by atoms with Crippen molar-refractivity contribution in [1.82, 2.24) is 4.90 Å². The molecule has 0 aromatic heterocycles. The number of nitrogens with zero attached hydrogens (tertiary/aromatic N) is 1.